The van der Waals surface area contributed by atoms with Gasteiger partial charge in [0.2, 0.25) is 5.91 Å². The van der Waals surface area contributed by atoms with Crippen LogP contribution in [-0.2, 0) is 11.3 Å². The molecule has 0 atom stereocenters. The van der Waals surface area contributed by atoms with Crippen molar-refractivity contribution in [3.05, 3.63) is 83.3 Å². The Morgan fingerprint density at radius 2 is 1.80 bits per heavy atom. The van der Waals surface area contributed by atoms with Crippen LogP contribution in [0.2, 0.25) is 0 Å². The first-order chi connectivity index (χ1) is 14.5. The Bertz CT molecular complexity index is 1250. The summed E-state index contributed by atoms with van der Waals surface area (Å²) >= 11 is 0. The number of nitrogens with zero attached hydrogens (tertiary/aromatic N) is 5. The molecule has 0 saturated carbocycles. The Hall–Kier alpha value is -3.81. The molecule has 8 heteroatoms. The molecule has 0 unspecified atom stereocenters. The van der Waals surface area contributed by atoms with Crippen molar-refractivity contribution in [2.75, 3.05) is 4.90 Å². The fraction of sp³-hybridized carbons (Fsp3) is 0.182. The van der Waals surface area contributed by atoms with E-state index in [1.165, 1.54) is 33.9 Å². The summed E-state index contributed by atoms with van der Waals surface area (Å²) in [4.78, 5) is 31.9. The topological polar surface area (TPSA) is 73.0 Å². The molecule has 0 aliphatic rings. The van der Waals surface area contributed by atoms with Crippen molar-refractivity contribution in [3.8, 4) is 5.69 Å². The minimum absolute atomic E-state index is 0.0754. The number of rotatable bonds is 5. The summed E-state index contributed by atoms with van der Waals surface area (Å²) < 4.78 is 15.9. The number of fused-ring (bicyclic) bond motifs is 1. The summed E-state index contributed by atoms with van der Waals surface area (Å²) in [7, 11) is 0. The molecule has 0 bridgehead atoms. The van der Waals surface area contributed by atoms with E-state index in [2.05, 4.69) is 10.1 Å². The van der Waals surface area contributed by atoms with Crippen LogP contribution in [0.3, 0.4) is 0 Å². The predicted molar refractivity (Wildman–Crippen MR) is 112 cm³/mol. The van der Waals surface area contributed by atoms with Gasteiger partial charge < -0.3 is 4.90 Å². The summed E-state index contributed by atoms with van der Waals surface area (Å²) in [5, 5.41) is 4.49. The minimum atomic E-state index is -0.364. The van der Waals surface area contributed by atoms with Gasteiger partial charge in [0, 0.05) is 11.7 Å². The lowest BCUT2D eigenvalue weighted by Gasteiger charge is -2.27. The number of anilines is 1. The van der Waals surface area contributed by atoms with Crippen molar-refractivity contribution in [2.24, 2.45) is 0 Å². The van der Waals surface area contributed by atoms with Gasteiger partial charge in [-0.25, -0.2) is 14.1 Å². The van der Waals surface area contributed by atoms with Crippen LogP contribution in [0.4, 0.5) is 10.1 Å². The van der Waals surface area contributed by atoms with Crippen molar-refractivity contribution < 1.29 is 9.18 Å². The van der Waals surface area contributed by atoms with Crippen LogP contribution in [0.1, 0.15) is 13.8 Å². The van der Waals surface area contributed by atoms with Crippen molar-refractivity contribution in [1.29, 1.82) is 0 Å². The smallest absolute Gasteiger partial charge is 0.264 e. The molecule has 2 aromatic carbocycles. The van der Waals surface area contributed by atoms with Gasteiger partial charge in [-0.3, -0.25) is 14.2 Å². The van der Waals surface area contributed by atoms with Crippen LogP contribution < -0.4 is 10.5 Å². The van der Waals surface area contributed by atoms with E-state index < -0.39 is 0 Å². The maximum absolute atomic E-state index is 13.2. The Morgan fingerprint density at radius 1 is 1.10 bits per heavy atom. The summed E-state index contributed by atoms with van der Waals surface area (Å²) in [5.41, 5.74) is 1.34. The summed E-state index contributed by atoms with van der Waals surface area (Å²) in [6, 6.07) is 15.0. The molecular formula is C22H20FN5O2. The SMILES string of the molecule is CC(C)N(C(=O)Cn1cnc2c(cnn2-c2ccc(F)cc2)c1=O)c1ccccc1. The summed E-state index contributed by atoms with van der Waals surface area (Å²) in [6.45, 7) is 3.69. The number of halogens is 1. The molecule has 0 radical (unpaired) electrons. The average Bonchev–Trinajstić information content (AvgIpc) is 3.16. The zero-order chi connectivity index (χ0) is 21.3. The number of hydrogen-bond acceptors (Lipinski definition) is 4. The number of benzene rings is 2. The second-order valence-corrected chi connectivity index (χ2v) is 7.14. The number of para-hydroxylation sites is 1. The number of hydrogen-bond donors (Lipinski definition) is 0. The summed E-state index contributed by atoms with van der Waals surface area (Å²) in [6.07, 6.45) is 2.75. The normalized spacial score (nSPS) is 11.2. The number of carbonyl (C=O) groups is 1. The molecule has 0 spiro atoms. The lowest BCUT2D eigenvalue weighted by atomic mass is 10.2. The van der Waals surface area contributed by atoms with Gasteiger partial charge in [-0.15, -0.1) is 0 Å². The van der Waals surface area contributed by atoms with Crippen molar-refractivity contribution in [1.82, 2.24) is 19.3 Å². The highest BCUT2D eigenvalue weighted by Gasteiger charge is 2.21. The van der Waals surface area contributed by atoms with Crippen LogP contribution in [0.25, 0.3) is 16.7 Å². The molecule has 7 nitrogen and oxygen atoms in total. The lowest BCUT2D eigenvalue weighted by molar-refractivity contribution is -0.119. The maximum Gasteiger partial charge on any atom is 0.264 e. The highest BCUT2D eigenvalue weighted by Crippen LogP contribution is 2.18. The summed E-state index contributed by atoms with van der Waals surface area (Å²) in [5.74, 6) is -0.581. The quantitative estimate of drug-likeness (QED) is 0.511. The van der Waals surface area contributed by atoms with Crippen molar-refractivity contribution >= 4 is 22.6 Å². The van der Waals surface area contributed by atoms with Crippen LogP contribution >= 0.6 is 0 Å². The molecule has 0 N–H and O–H groups in total. The Kier molecular flexibility index (Phi) is 5.14. The van der Waals surface area contributed by atoms with Gasteiger partial charge in [0.15, 0.2) is 5.65 Å². The third kappa shape index (κ3) is 3.59. The van der Waals surface area contributed by atoms with Gasteiger partial charge in [0.25, 0.3) is 5.56 Å². The van der Waals surface area contributed by atoms with Crippen LogP contribution in [0.15, 0.2) is 71.9 Å². The van der Waals surface area contributed by atoms with Crippen LogP contribution in [-0.4, -0.2) is 31.3 Å². The van der Waals surface area contributed by atoms with E-state index in [0.717, 1.165) is 5.69 Å². The Morgan fingerprint density at radius 3 is 2.47 bits per heavy atom. The van der Waals surface area contributed by atoms with E-state index in [1.54, 1.807) is 17.0 Å². The molecule has 0 aliphatic heterocycles. The molecule has 4 aromatic rings. The van der Waals surface area contributed by atoms with Gasteiger partial charge >= 0.3 is 0 Å². The van der Waals surface area contributed by atoms with E-state index in [0.29, 0.717) is 11.3 Å². The molecule has 4 rings (SSSR count). The highest BCUT2D eigenvalue weighted by atomic mass is 19.1. The van der Waals surface area contributed by atoms with Crippen molar-refractivity contribution in [2.45, 2.75) is 26.4 Å². The fourth-order valence-electron chi connectivity index (χ4n) is 3.37. The minimum Gasteiger partial charge on any atom is -0.308 e. The average molecular weight is 405 g/mol. The largest absolute Gasteiger partial charge is 0.308 e. The third-order valence-corrected chi connectivity index (χ3v) is 4.75. The third-order valence-electron chi connectivity index (χ3n) is 4.75. The van der Waals surface area contributed by atoms with Gasteiger partial charge in [-0.2, -0.15) is 5.10 Å². The maximum atomic E-state index is 13.2. The van der Waals surface area contributed by atoms with E-state index in [4.69, 9.17) is 0 Å². The lowest BCUT2D eigenvalue weighted by Crippen LogP contribution is -2.41. The molecule has 2 heterocycles. The number of aromatic nitrogens is 4. The zero-order valence-electron chi connectivity index (χ0n) is 16.6. The molecular weight excluding hydrogens is 385 g/mol. The van der Waals surface area contributed by atoms with Crippen molar-refractivity contribution in [3.63, 3.8) is 0 Å². The second-order valence-electron chi connectivity index (χ2n) is 7.14. The molecule has 30 heavy (non-hydrogen) atoms. The Labute approximate surface area is 172 Å². The van der Waals surface area contributed by atoms with Gasteiger partial charge in [-0.05, 0) is 50.2 Å². The standard InChI is InChI=1S/C22H20FN5O2/c1-15(2)27(17-6-4-3-5-7-17)20(29)13-26-14-24-21-19(22(26)30)12-25-28(21)18-10-8-16(23)9-11-18/h3-12,14-15H,13H2,1-2H3. The molecule has 0 aliphatic carbocycles. The first kappa shape index (κ1) is 19.5. The van der Waals surface area contributed by atoms with E-state index in [-0.39, 0.29) is 35.3 Å². The predicted octanol–water partition coefficient (Wildman–Crippen LogP) is 3.16. The van der Waals surface area contributed by atoms with Crippen LogP contribution in [0.5, 0.6) is 0 Å². The first-order valence-corrected chi connectivity index (χ1v) is 9.52. The molecule has 152 valence electrons. The second kappa shape index (κ2) is 7.90. The van der Waals surface area contributed by atoms with E-state index in [1.807, 2.05) is 44.2 Å². The molecule has 0 fully saturated rings. The Balaban J connectivity index is 1.67. The first-order valence-electron chi connectivity index (χ1n) is 9.52. The van der Waals surface area contributed by atoms with Crippen LogP contribution in [0, 0.1) is 5.82 Å². The molecule has 1 amide bonds. The van der Waals surface area contributed by atoms with E-state index in [9.17, 15) is 14.0 Å². The van der Waals surface area contributed by atoms with Gasteiger partial charge in [0.05, 0.1) is 11.9 Å². The van der Waals surface area contributed by atoms with Gasteiger partial charge in [0.1, 0.15) is 24.1 Å². The monoisotopic (exact) mass is 405 g/mol. The highest BCUT2D eigenvalue weighted by molar-refractivity contribution is 5.93. The fourth-order valence-corrected chi connectivity index (χ4v) is 3.37. The number of carbonyl (C=O) groups excluding carboxylic acids is 1. The zero-order valence-corrected chi connectivity index (χ0v) is 16.6. The number of amides is 1. The van der Waals surface area contributed by atoms with E-state index >= 15 is 0 Å². The molecule has 0 saturated heterocycles. The molecule has 2 aromatic heterocycles. The van der Waals surface area contributed by atoms with Gasteiger partial charge in [-0.1, -0.05) is 18.2 Å².